The van der Waals surface area contributed by atoms with Gasteiger partial charge in [0.1, 0.15) is 5.78 Å². The van der Waals surface area contributed by atoms with Crippen LogP contribution >= 0.6 is 0 Å². The van der Waals surface area contributed by atoms with Crippen molar-refractivity contribution in [1.29, 1.82) is 0 Å². The monoisotopic (exact) mass is 311 g/mol. The van der Waals surface area contributed by atoms with Gasteiger partial charge in [0.25, 0.3) is 0 Å². The Morgan fingerprint density at radius 2 is 1.87 bits per heavy atom. The van der Waals surface area contributed by atoms with Crippen LogP contribution in [0.15, 0.2) is 24.3 Å². The molecule has 0 unspecified atom stereocenters. The second-order valence-electron chi connectivity index (χ2n) is 8.50. The van der Waals surface area contributed by atoms with E-state index in [1.165, 1.54) is 5.56 Å². The Balaban J connectivity index is 1.80. The largest absolute Gasteiger partial charge is 0.309 e. The quantitative estimate of drug-likeness (QED) is 0.792. The molecular weight excluding hydrogens is 286 g/mol. The molecule has 122 valence electrons. The standard InChI is InChI=1S/C20H25NO2/c1-13-11-14-7-5-6-8-15(14)21(13)17(23)20-10-9-19(4,16(22)12-20)18(20,2)3/h5-8,13H,9-12H2,1-4H3/t13-,19-,20+/m0/s1. The summed E-state index contributed by atoms with van der Waals surface area (Å²) in [6.45, 7) is 8.45. The second kappa shape index (κ2) is 4.25. The molecule has 0 radical (unpaired) electrons. The fourth-order valence-corrected chi connectivity index (χ4v) is 5.44. The van der Waals surface area contributed by atoms with Crippen molar-refractivity contribution in [1.82, 2.24) is 0 Å². The Morgan fingerprint density at radius 1 is 1.17 bits per heavy atom. The molecular formula is C20H25NO2. The summed E-state index contributed by atoms with van der Waals surface area (Å²) in [4.78, 5) is 28.3. The molecule has 0 aromatic heterocycles. The van der Waals surface area contributed by atoms with E-state index in [1.807, 2.05) is 23.1 Å². The number of fused-ring (bicyclic) bond motifs is 3. The molecule has 2 aliphatic carbocycles. The number of hydrogen-bond acceptors (Lipinski definition) is 2. The summed E-state index contributed by atoms with van der Waals surface area (Å²) in [5.41, 5.74) is 1.15. The van der Waals surface area contributed by atoms with Gasteiger partial charge in [0.05, 0.1) is 5.41 Å². The van der Waals surface area contributed by atoms with E-state index < -0.39 is 5.41 Å². The molecule has 1 heterocycles. The first-order chi connectivity index (χ1) is 10.7. The average Bonchev–Trinajstić information content (AvgIpc) is 2.99. The van der Waals surface area contributed by atoms with E-state index in [1.54, 1.807) is 0 Å². The van der Waals surface area contributed by atoms with E-state index in [0.29, 0.717) is 6.42 Å². The van der Waals surface area contributed by atoms with Gasteiger partial charge in [-0.2, -0.15) is 0 Å². The Hall–Kier alpha value is -1.64. The van der Waals surface area contributed by atoms with Gasteiger partial charge in [-0.25, -0.2) is 0 Å². The van der Waals surface area contributed by atoms with E-state index in [4.69, 9.17) is 0 Å². The Kier molecular flexibility index (Phi) is 2.76. The zero-order chi connectivity index (χ0) is 16.6. The predicted octanol–water partition coefficient (Wildman–Crippen LogP) is 3.75. The number of carbonyl (C=O) groups excluding carboxylic acids is 2. The highest BCUT2D eigenvalue weighted by Crippen LogP contribution is 2.71. The van der Waals surface area contributed by atoms with Crippen molar-refractivity contribution in [2.75, 3.05) is 4.90 Å². The molecule has 1 aromatic rings. The van der Waals surface area contributed by atoms with Gasteiger partial charge in [-0.05, 0) is 43.2 Å². The van der Waals surface area contributed by atoms with Crippen molar-refractivity contribution in [3.05, 3.63) is 29.8 Å². The number of carbonyl (C=O) groups is 2. The maximum atomic E-state index is 13.7. The smallest absolute Gasteiger partial charge is 0.234 e. The summed E-state index contributed by atoms with van der Waals surface area (Å²) in [6.07, 6.45) is 3.01. The number of rotatable bonds is 1. The zero-order valence-corrected chi connectivity index (χ0v) is 14.5. The first kappa shape index (κ1) is 14.9. The lowest BCUT2D eigenvalue weighted by molar-refractivity contribution is -0.134. The molecule has 3 heteroatoms. The number of ketones is 1. The lowest BCUT2D eigenvalue weighted by Gasteiger charge is -2.41. The summed E-state index contributed by atoms with van der Waals surface area (Å²) in [7, 11) is 0. The van der Waals surface area contributed by atoms with Crippen LogP contribution < -0.4 is 4.90 Å². The van der Waals surface area contributed by atoms with E-state index in [-0.39, 0.29) is 28.6 Å². The molecule has 1 aromatic carbocycles. The molecule has 4 rings (SSSR count). The summed E-state index contributed by atoms with van der Waals surface area (Å²) >= 11 is 0. The minimum Gasteiger partial charge on any atom is -0.309 e. The molecule has 3 atom stereocenters. The minimum atomic E-state index is -0.523. The van der Waals surface area contributed by atoms with Crippen LogP contribution in [0.3, 0.4) is 0 Å². The molecule has 23 heavy (non-hydrogen) atoms. The van der Waals surface area contributed by atoms with Crippen molar-refractivity contribution in [2.24, 2.45) is 16.2 Å². The molecule has 1 aliphatic heterocycles. The normalized spacial score (nSPS) is 37.3. The van der Waals surface area contributed by atoms with Crippen LogP contribution in [0.5, 0.6) is 0 Å². The van der Waals surface area contributed by atoms with Crippen molar-refractivity contribution >= 4 is 17.4 Å². The van der Waals surface area contributed by atoms with Gasteiger partial charge in [0.2, 0.25) is 5.91 Å². The Labute approximate surface area is 138 Å². The van der Waals surface area contributed by atoms with Crippen LogP contribution in [0.1, 0.15) is 52.5 Å². The average molecular weight is 311 g/mol. The molecule has 0 N–H and O–H groups in total. The number of Topliss-reactive ketones (excluding diaryl/α,β-unsaturated/α-hetero) is 1. The van der Waals surface area contributed by atoms with Crippen LogP contribution in [0.4, 0.5) is 5.69 Å². The zero-order valence-electron chi connectivity index (χ0n) is 14.5. The van der Waals surface area contributed by atoms with Crippen LogP contribution in [0.25, 0.3) is 0 Å². The number of amides is 1. The highest BCUT2D eigenvalue weighted by Gasteiger charge is 2.73. The van der Waals surface area contributed by atoms with E-state index in [9.17, 15) is 9.59 Å². The van der Waals surface area contributed by atoms with Crippen molar-refractivity contribution in [3.8, 4) is 0 Å². The Bertz CT molecular complexity index is 722. The lowest BCUT2D eigenvalue weighted by atomic mass is 9.64. The Morgan fingerprint density at radius 3 is 2.48 bits per heavy atom. The number of benzene rings is 1. The van der Waals surface area contributed by atoms with Gasteiger partial charge in [-0.1, -0.05) is 39.0 Å². The third kappa shape index (κ3) is 1.51. The first-order valence-electron chi connectivity index (χ1n) is 8.69. The predicted molar refractivity (Wildman–Crippen MR) is 90.3 cm³/mol. The van der Waals surface area contributed by atoms with Crippen LogP contribution in [-0.4, -0.2) is 17.7 Å². The topological polar surface area (TPSA) is 37.4 Å². The first-order valence-corrected chi connectivity index (χ1v) is 8.69. The van der Waals surface area contributed by atoms with E-state index in [2.05, 4.69) is 33.8 Å². The molecule has 3 nitrogen and oxygen atoms in total. The summed E-state index contributed by atoms with van der Waals surface area (Å²) in [6, 6.07) is 8.37. The molecule has 2 saturated carbocycles. The van der Waals surface area contributed by atoms with Gasteiger partial charge in [-0.3, -0.25) is 9.59 Å². The fraction of sp³-hybridized carbons (Fsp3) is 0.600. The van der Waals surface area contributed by atoms with Gasteiger partial charge in [0.15, 0.2) is 0 Å². The second-order valence-corrected chi connectivity index (χ2v) is 8.50. The molecule has 3 aliphatic rings. The fourth-order valence-electron chi connectivity index (χ4n) is 5.44. The summed E-state index contributed by atoms with van der Waals surface area (Å²) < 4.78 is 0. The number of para-hydroxylation sites is 1. The maximum absolute atomic E-state index is 13.7. The van der Waals surface area contributed by atoms with E-state index >= 15 is 0 Å². The molecule has 2 bridgehead atoms. The van der Waals surface area contributed by atoms with Gasteiger partial charge >= 0.3 is 0 Å². The molecule has 1 amide bonds. The van der Waals surface area contributed by atoms with Gasteiger partial charge in [-0.15, -0.1) is 0 Å². The van der Waals surface area contributed by atoms with Gasteiger partial charge < -0.3 is 4.90 Å². The summed E-state index contributed by atoms with van der Waals surface area (Å²) in [5, 5.41) is 0. The number of nitrogens with zero attached hydrogens (tertiary/aromatic N) is 1. The van der Waals surface area contributed by atoms with E-state index in [0.717, 1.165) is 24.9 Å². The maximum Gasteiger partial charge on any atom is 0.234 e. The highest BCUT2D eigenvalue weighted by atomic mass is 16.2. The molecule has 0 saturated heterocycles. The number of hydrogen-bond donors (Lipinski definition) is 0. The van der Waals surface area contributed by atoms with Crippen molar-refractivity contribution < 1.29 is 9.59 Å². The van der Waals surface area contributed by atoms with Crippen molar-refractivity contribution in [2.45, 2.75) is 59.4 Å². The summed E-state index contributed by atoms with van der Waals surface area (Å²) in [5.74, 6) is 0.455. The SMILES string of the molecule is C[C@H]1Cc2ccccc2N1C(=O)[C@@]12CC[C@@](C)(C(=O)C1)C2(C)C. The number of anilines is 1. The third-order valence-electron chi connectivity index (χ3n) is 7.54. The molecule has 0 spiro atoms. The highest BCUT2D eigenvalue weighted by molar-refractivity contribution is 6.07. The van der Waals surface area contributed by atoms with Crippen LogP contribution in [-0.2, 0) is 16.0 Å². The third-order valence-corrected chi connectivity index (χ3v) is 7.54. The van der Waals surface area contributed by atoms with Crippen molar-refractivity contribution in [3.63, 3.8) is 0 Å². The minimum absolute atomic E-state index is 0.174. The van der Waals surface area contributed by atoms with Crippen LogP contribution in [0.2, 0.25) is 0 Å². The van der Waals surface area contributed by atoms with Crippen LogP contribution in [0, 0.1) is 16.2 Å². The van der Waals surface area contributed by atoms with Gasteiger partial charge in [0, 0.05) is 23.6 Å². The molecule has 2 fully saturated rings. The lowest BCUT2D eigenvalue weighted by Crippen LogP contribution is -2.50.